The quantitative estimate of drug-likeness (QED) is 0.409. The maximum atomic E-state index is 12.5. The number of aliphatic hydroxyl groups excluding tert-OH is 1. The molecule has 1 N–H and O–H groups in total. The van der Waals surface area contributed by atoms with Gasteiger partial charge in [-0.2, -0.15) is 0 Å². The van der Waals surface area contributed by atoms with E-state index in [1.54, 1.807) is 0 Å². The molecule has 4 nitrogen and oxygen atoms in total. The second kappa shape index (κ2) is 3.71. The number of halogens is 1. The molecule has 0 bridgehead atoms. The monoisotopic (exact) mass is 167 g/mol. The van der Waals surface area contributed by atoms with Crippen LogP contribution in [0.1, 0.15) is 5.56 Å². The van der Waals surface area contributed by atoms with Gasteiger partial charge in [0, 0.05) is 10.6 Å². The highest BCUT2D eigenvalue weighted by atomic mass is 19.1. The van der Waals surface area contributed by atoms with Gasteiger partial charge in [-0.3, -0.25) is 0 Å². The lowest BCUT2D eigenvalue weighted by atomic mass is 10.2. The first-order chi connectivity index (χ1) is 5.77. The summed E-state index contributed by atoms with van der Waals surface area (Å²) in [5, 5.41) is 12.0. The van der Waals surface area contributed by atoms with Crippen LogP contribution in [0.5, 0.6) is 0 Å². The first-order valence-corrected chi connectivity index (χ1v) is 3.22. The fourth-order valence-electron chi connectivity index (χ4n) is 0.826. The van der Waals surface area contributed by atoms with Crippen LogP contribution < -0.4 is 0 Å². The zero-order valence-electron chi connectivity index (χ0n) is 6.11. The molecule has 0 aliphatic rings. The minimum Gasteiger partial charge on any atom is -0.392 e. The van der Waals surface area contributed by atoms with Crippen LogP contribution in [0, 0.1) is 5.82 Å². The van der Waals surface area contributed by atoms with Gasteiger partial charge in [0.15, 0.2) is 0 Å². The third kappa shape index (κ3) is 1.72. The minimum atomic E-state index is -0.462. The maximum Gasteiger partial charge on any atom is 0.123 e. The zero-order valence-corrected chi connectivity index (χ0v) is 6.11. The molecule has 0 radical (unpaired) electrons. The van der Waals surface area contributed by atoms with Crippen LogP contribution in [0.15, 0.2) is 23.3 Å². The Kier molecular flexibility index (Phi) is 2.63. The van der Waals surface area contributed by atoms with Crippen LogP contribution in [-0.4, -0.2) is 5.11 Å². The molecule has 0 saturated heterocycles. The van der Waals surface area contributed by atoms with Crippen molar-refractivity contribution in [1.29, 1.82) is 0 Å². The predicted molar refractivity (Wildman–Crippen MR) is 41.1 cm³/mol. The number of azide groups is 1. The summed E-state index contributed by atoms with van der Waals surface area (Å²) in [7, 11) is 0. The Bertz CT molecular complexity index is 333. The van der Waals surface area contributed by atoms with E-state index >= 15 is 0 Å². The van der Waals surface area contributed by atoms with E-state index in [9.17, 15) is 4.39 Å². The number of nitrogens with zero attached hydrogens (tertiary/aromatic N) is 3. The van der Waals surface area contributed by atoms with Crippen molar-refractivity contribution < 1.29 is 9.50 Å². The molecule has 0 spiro atoms. The largest absolute Gasteiger partial charge is 0.392 e. The molecule has 5 heteroatoms. The fourth-order valence-corrected chi connectivity index (χ4v) is 0.826. The zero-order chi connectivity index (χ0) is 8.97. The van der Waals surface area contributed by atoms with Gasteiger partial charge in [-0.15, -0.1) is 0 Å². The minimum absolute atomic E-state index is 0.251. The molecule has 0 atom stereocenters. The lowest BCUT2D eigenvalue weighted by Crippen LogP contribution is -1.84. The molecule has 1 aromatic rings. The van der Waals surface area contributed by atoms with Gasteiger partial charge < -0.3 is 5.11 Å². The molecule has 0 aliphatic heterocycles. The molecule has 1 rings (SSSR count). The van der Waals surface area contributed by atoms with Gasteiger partial charge >= 0.3 is 0 Å². The van der Waals surface area contributed by atoms with Crippen molar-refractivity contribution in [3.05, 3.63) is 40.0 Å². The summed E-state index contributed by atoms with van der Waals surface area (Å²) in [6.45, 7) is -0.341. The van der Waals surface area contributed by atoms with E-state index < -0.39 is 5.82 Å². The summed E-state index contributed by atoms with van der Waals surface area (Å²) >= 11 is 0. The summed E-state index contributed by atoms with van der Waals surface area (Å²) < 4.78 is 12.5. The number of benzene rings is 1. The van der Waals surface area contributed by atoms with Gasteiger partial charge in [0.05, 0.1) is 6.61 Å². The standard InChI is InChI=1S/C7H6FN3O/c8-6-1-2-7(10-11-9)5(3-6)4-12/h1-3,12H,4H2. The third-order valence-electron chi connectivity index (χ3n) is 1.36. The number of hydrogen-bond donors (Lipinski definition) is 1. The molecule has 0 fully saturated rings. The average molecular weight is 167 g/mol. The normalized spacial score (nSPS) is 9.17. The first-order valence-electron chi connectivity index (χ1n) is 3.22. The average Bonchev–Trinajstić information content (AvgIpc) is 2.08. The van der Waals surface area contributed by atoms with Gasteiger partial charge in [0.1, 0.15) is 5.82 Å². The topological polar surface area (TPSA) is 69.0 Å². The Morgan fingerprint density at radius 3 is 2.92 bits per heavy atom. The van der Waals surface area contributed by atoms with E-state index in [2.05, 4.69) is 10.0 Å². The van der Waals surface area contributed by atoms with Crippen molar-refractivity contribution in [2.75, 3.05) is 0 Å². The Hall–Kier alpha value is -1.58. The van der Waals surface area contributed by atoms with Crippen LogP contribution in [0.3, 0.4) is 0 Å². The molecule has 0 unspecified atom stereocenters. The highest BCUT2D eigenvalue weighted by molar-refractivity contribution is 5.45. The van der Waals surface area contributed by atoms with Crippen molar-refractivity contribution in [2.45, 2.75) is 6.61 Å². The smallest absolute Gasteiger partial charge is 0.123 e. The second-order valence-electron chi connectivity index (χ2n) is 2.12. The van der Waals surface area contributed by atoms with Gasteiger partial charge in [0.2, 0.25) is 0 Å². The Morgan fingerprint density at radius 2 is 2.33 bits per heavy atom. The van der Waals surface area contributed by atoms with Gasteiger partial charge in [-0.05, 0) is 29.3 Å². The molecule has 0 aliphatic carbocycles. The molecule has 62 valence electrons. The number of aliphatic hydroxyl groups is 1. The van der Waals surface area contributed by atoms with E-state index in [0.717, 1.165) is 6.07 Å². The lowest BCUT2D eigenvalue weighted by molar-refractivity contribution is 0.281. The maximum absolute atomic E-state index is 12.5. The Morgan fingerprint density at radius 1 is 1.58 bits per heavy atom. The summed E-state index contributed by atoms with van der Waals surface area (Å²) in [6.07, 6.45) is 0. The highest BCUT2D eigenvalue weighted by Crippen LogP contribution is 2.19. The van der Waals surface area contributed by atoms with Crippen LogP contribution >= 0.6 is 0 Å². The molecule has 12 heavy (non-hydrogen) atoms. The van der Waals surface area contributed by atoms with E-state index in [1.165, 1.54) is 12.1 Å². The van der Waals surface area contributed by atoms with Gasteiger partial charge in [0.25, 0.3) is 0 Å². The van der Waals surface area contributed by atoms with Crippen molar-refractivity contribution >= 4 is 5.69 Å². The summed E-state index contributed by atoms with van der Waals surface area (Å²) in [5.74, 6) is -0.462. The van der Waals surface area contributed by atoms with E-state index in [0.29, 0.717) is 0 Å². The van der Waals surface area contributed by atoms with Crippen molar-refractivity contribution in [3.63, 3.8) is 0 Å². The summed E-state index contributed by atoms with van der Waals surface area (Å²) in [6, 6.07) is 3.62. The Balaban J connectivity index is 3.19. The summed E-state index contributed by atoms with van der Waals surface area (Å²) in [4.78, 5) is 2.54. The summed E-state index contributed by atoms with van der Waals surface area (Å²) in [5.41, 5.74) is 8.63. The molecular weight excluding hydrogens is 161 g/mol. The van der Waals surface area contributed by atoms with Crippen LogP contribution in [0.25, 0.3) is 10.4 Å². The predicted octanol–water partition coefficient (Wildman–Crippen LogP) is 2.26. The molecule has 0 aromatic heterocycles. The molecule has 0 saturated carbocycles. The van der Waals surface area contributed by atoms with Gasteiger partial charge in [-0.1, -0.05) is 5.11 Å². The van der Waals surface area contributed by atoms with Gasteiger partial charge in [-0.25, -0.2) is 4.39 Å². The fraction of sp³-hybridized carbons (Fsp3) is 0.143. The van der Waals surface area contributed by atoms with Crippen LogP contribution in [0.4, 0.5) is 10.1 Å². The number of hydrogen-bond acceptors (Lipinski definition) is 2. The first kappa shape index (κ1) is 8.52. The molecule has 0 amide bonds. The lowest BCUT2D eigenvalue weighted by Gasteiger charge is -1.99. The van der Waals surface area contributed by atoms with Crippen molar-refractivity contribution in [3.8, 4) is 0 Å². The van der Waals surface area contributed by atoms with E-state index in [-0.39, 0.29) is 17.9 Å². The van der Waals surface area contributed by atoms with Crippen LogP contribution in [0.2, 0.25) is 0 Å². The highest BCUT2D eigenvalue weighted by Gasteiger charge is 2.00. The van der Waals surface area contributed by atoms with Crippen molar-refractivity contribution in [1.82, 2.24) is 0 Å². The van der Waals surface area contributed by atoms with Crippen molar-refractivity contribution in [2.24, 2.45) is 5.11 Å². The third-order valence-corrected chi connectivity index (χ3v) is 1.36. The van der Waals surface area contributed by atoms with E-state index in [1.807, 2.05) is 0 Å². The molecular formula is C7H6FN3O. The van der Waals surface area contributed by atoms with E-state index in [4.69, 9.17) is 10.6 Å². The SMILES string of the molecule is [N-]=[N+]=Nc1ccc(F)cc1CO. The molecule has 0 heterocycles. The number of rotatable bonds is 2. The Labute approximate surface area is 67.9 Å². The second-order valence-corrected chi connectivity index (χ2v) is 2.12. The molecule has 1 aromatic carbocycles. The van der Waals surface area contributed by atoms with Crippen LogP contribution in [-0.2, 0) is 6.61 Å².